The van der Waals surface area contributed by atoms with Crippen molar-refractivity contribution in [2.75, 3.05) is 12.8 Å². The number of H-pyrrole nitrogens is 1. The van der Waals surface area contributed by atoms with Gasteiger partial charge in [0.05, 0.1) is 28.2 Å². The van der Waals surface area contributed by atoms with E-state index < -0.39 is 11.2 Å². The summed E-state index contributed by atoms with van der Waals surface area (Å²) in [6, 6.07) is 9.34. The van der Waals surface area contributed by atoms with Gasteiger partial charge in [-0.1, -0.05) is 49.5 Å². The van der Waals surface area contributed by atoms with Crippen LogP contribution in [0.1, 0.15) is 29.8 Å². The van der Waals surface area contributed by atoms with Gasteiger partial charge in [0.2, 0.25) is 0 Å². The number of halogens is 1. The molecule has 3 aromatic rings. The van der Waals surface area contributed by atoms with E-state index in [1.807, 2.05) is 20.1 Å². The number of aliphatic hydroxyl groups excluding tert-OH is 1. The number of aromatic nitrogens is 2. The summed E-state index contributed by atoms with van der Waals surface area (Å²) in [5.74, 6) is 0.0338. The fourth-order valence-electron chi connectivity index (χ4n) is 3.22. The average Bonchev–Trinajstić information content (AvgIpc) is 2.72. The number of benzene rings is 2. The van der Waals surface area contributed by atoms with Crippen LogP contribution in [0.4, 0.5) is 0 Å². The van der Waals surface area contributed by atoms with Crippen molar-refractivity contribution in [1.82, 2.24) is 13.9 Å². The zero-order valence-corrected chi connectivity index (χ0v) is 18.4. The summed E-state index contributed by atoms with van der Waals surface area (Å²) >= 11 is 7.62. The molecule has 1 amide bonds. The number of nitrogens with zero attached hydrogens (tertiary/aromatic N) is 2. The number of fused-ring (bicyclic) bond motifs is 1. The van der Waals surface area contributed by atoms with E-state index in [1.54, 1.807) is 28.6 Å². The van der Waals surface area contributed by atoms with Gasteiger partial charge in [-0.15, -0.1) is 0 Å². The molecular formula is C21H22ClN3O4S. The Hall–Kier alpha value is -2.55. The molecule has 2 aromatic carbocycles. The minimum absolute atomic E-state index is 0.106. The molecule has 0 aliphatic carbocycles. The summed E-state index contributed by atoms with van der Waals surface area (Å²) in [5.41, 5.74) is -0.176. The molecule has 0 atom stereocenters. The maximum absolute atomic E-state index is 13.2. The van der Waals surface area contributed by atoms with Gasteiger partial charge in [0.1, 0.15) is 0 Å². The first-order valence-corrected chi connectivity index (χ1v) is 10.9. The van der Waals surface area contributed by atoms with Crippen molar-refractivity contribution < 1.29 is 9.90 Å². The highest BCUT2D eigenvalue weighted by molar-refractivity contribution is 7.96. The number of rotatable bonds is 6. The van der Waals surface area contributed by atoms with E-state index in [4.69, 9.17) is 11.6 Å². The number of aromatic amines is 1. The van der Waals surface area contributed by atoms with Crippen LogP contribution in [0.2, 0.25) is 5.02 Å². The Labute approximate surface area is 182 Å². The van der Waals surface area contributed by atoms with Crippen LogP contribution in [0.3, 0.4) is 0 Å². The molecule has 0 bridgehead atoms. The topological polar surface area (TPSA) is 95.4 Å². The molecule has 0 fully saturated rings. The van der Waals surface area contributed by atoms with Gasteiger partial charge in [0, 0.05) is 18.4 Å². The third-order valence-electron chi connectivity index (χ3n) is 4.59. The fourth-order valence-corrected chi connectivity index (χ4v) is 4.14. The molecule has 0 saturated carbocycles. The summed E-state index contributed by atoms with van der Waals surface area (Å²) in [4.78, 5) is 41.5. The van der Waals surface area contributed by atoms with Crippen LogP contribution in [-0.2, 0) is 6.61 Å². The zero-order valence-electron chi connectivity index (χ0n) is 16.8. The van der Waals surface area contributed by atoms with E-state index >= 15 is 0 Å². The maximum atomic E-state index is 13.2. The number of hydrogen-bond acceptors (Lipinski definition) is 5. The number of carbonyl (C=O) groups excluding carboxylic acids is 1. The number of amides is 1. The van der Waals surface area contributed by atoms with Crippen molar-refractivity contribution in [3.63, 3.8) is 0 Å². The molecule has 0 saturated heterocycles. The van der Waals surface area contributed by atoms with Gasteiger partial charge in [-0.05, 0) is 35.7 Å². The van der Waals surface area contributed by atoms with E-state index in [2.05, 4.69) is 4.98 Å². The van der Waals surface area contributed by atoms with Gasteiger partial charge in [-0.3, -0.25) is 13.9 Å². The number of aliphatic hydroxyl groups is 1. The first kappa shape index (κ1) is 22.1. The second-order valence-electron chi connectivity index (χ2n) is 7.18. The molecule has 158 valence electrons. The lowest BCUT2D eigenvalue weighted by Crippen LogP contribution is -2.34. The summed E-state index contributed by atoms with van der Waals surface area (Å²) in [6.07, 6.45) is 1.81. The minimum atomic E-state index is -0.682. The molecule has 7 nitrogen and oxygen atoms in total. The maximum Gasteiger partial charge on any atom is 0.333 e. The minimum Gasteiger partial charge on any atom is -0.392 e. The second kappa shape index (κ2) is 9.07. The largest absolute Gasteiger partial charge is 0.392 e. The Bertz CT molecular complexity index is 1220. The molecule has 2 N–H and O–H groups in total. The molecule has 0 spiro atoms. The Balaban J connectivity index is 2.21. The molecular weight excluding hydrogens is 426 g/mol. The van der Waals surface area contributed by atoms with Crippen LogP contribution in [0.15, 0.2) is 46.0 Å². The van der Waals surface area contributed by atoms with Crippen LogP contribution < -0.4 is 11.2 Å². The molecule has 30 heavy (non-hydrogen) atoms. The first-order valence-electron chi connectivity index (χ1n) is 9.32. The number of carbonyl (C=O) groups is 1. The van der Waals surface area contributed by atoms with Gasteiger partial charge in [-0.2, -0.15) is 0 Å². The van der Waals surface area contributed by atoms with Crippen molar-refractivity contribution in [1.29, 1.82) is 0 Å². The Kier molecular flexibility index (Phi) is 6.70. The standard InChI is InChI=1S/C21H22ClN3O4S/c1-12(2)10-24(30-3)19(27)13-7-8-15(22)17(9-13)25-20(28)18-14(11-26)5-4-6-16(18)23-21(25)29/h4-9,12,26H,10-11H2,1-3H3,(H,23,29). The van der Waals surface area contributed by atoms with Crippen molar-refractivity contribution in [2.45, 2.75) is 20.5 Å². The summed E-state index contributed by atoms with van der Waals surface area (Å²) < 4.78 is 2.52. The molecule has 3 rings (SSSR count). The van der Waals surface area contributed by atoms with E-state index in [-0.39, 0.29) is 34.5 Å². The molecule has 0 aliphatic rings. The van der Waals surface area contributed by atoms with Crippen molar-refractivity contribution in [2.24, 2.45) is 5.92 Å². The van der Waals surface area contributed by atoms with E-state index in [0.29, 0.717) is 23.2 Å². The fraction of sp³-hybridized carbons (Fsp3) is 0.286. The highest BCUT2D eigenvalue weighted by Crippen LogP contribution is 2.23. The van der Waals surface area contributed by atoms with Crippen LogP contribution in [0.5, 0.6) is 0 Å². The highest BCUT2D eigenvalue weighted by Gasteiger charge is 2.20. The van der Waals surface area contributed by atoms with E-state index in [1.165, 1.54) is 24.1 Å². The first-order chi connectivity index (χ1) is 14.3. The average molecular weight is 448 g/mol. The monoisotopic (exact) mass is 447 g/mol. The lowest BCUT2D eigenvalue weighted by Gasteiger charge is -2.22. The summed E-state index contributed by atoms with van der Waals surface area (Å²) in [5, 5.41) is 9.95. The van der Waals surface area contributed by atoms with Gasteiger partial charge in [0.15, 0.2) is 0 Å². The van der Waals surface area contributed by atoms with Gasteiger partial charge < -0.3 is 10.1 Å². The van der Waals surface area contributed by atoms with Gasteiger partial charge in [-0.25, -0.2) is 9.36 Å². The van der Waals surface area contributed by atoms with E-state index in [0.717, 1.165) is 4.57 Å². The molecule has 1 aromatic heterocycles. The predicted octanol–water partition coefficient (Wildman–Crippen LogP) is 3.20. The molecule has 1 heterocycles. The quantitative estimate of drug-likeness (QED) is 0.566. The van der Waals surface area contributed by atoms with Crippen LogP contribution >= 0.6 is 23.5 Å². The smallest absolute Gasteiger partial charge is 0.333 e. The molecule has 0 radical (unpaired) electrons. The normalized spacial score (nSPS) is 11.3. The lowest BCUT2D eigenvalue weighted by atomic mass is 10.1. The van der Waals surface area contributed by atoms with Gasteiger partial charge >= 0.3 is 5.69 Å². The van der Waals surface area contributed by atoms with Crippen LogP contribution in [0.25, 0.3) is 16.6 Å². The number of nitrogens with one attached hydrogen (secondary N) is 1. The molecule has 9 heteroatoms. The SMILES string of the molecule is CSN(CC(C)C)C(=O)c1ccc(Cl)c(-n2c(=O)[nH]c3cccc(CO)c3c2=O)c1. The van der Waals surface area contributed by atoms with E-state index in [9.17, 15) is 19.5 Å². The second-order valence-corrected chi connectivity index (χ2v) is 8.39. The third kappa shape index (κ3) is 4.16. The Morgan fingerprint density at radius 2 is 2.00 bits per heavy atom. The van der Waals surface area contributed by atoms with Gasteiger partial charge in [0.25, 0.3) is 11.5 Å². The van der Waals surface area contributed by atoms with Crippen molar-refractivity contribution in [3.05, 3.63) is 73.4 Å². The molecule has 0 unspecified atom stereocenters. The summed E-state index contributed by atoms with van der Waals surface area (Å²) in [7, 11) is 0. The molecule has 0 aliphatic heterocycles. The van der Waals surface area contributed by atoms with Crippen molar-refractivity contribution in [3.8, 4) is 5.69 Å². The third-order valence-corrected chi connectivity index (χ3v) is 5.67. The Morgan fingerprint density at radius 1 is 1.27 bits per heavy atom. The van der Waals surface area contributed by atoms with Crippen LogP contribution in [0, 0.1) is 5.92 Å². The summed E-state index contributed by atoms with van der Waals surface area (Å²) in [6.45, 7) is 4.21. The highest BCUT2D eigenvalue weighted by atomic mass is 35.5. The zero-order chi connectivity index (χ0) is 22.0. The van der Waals surface area contributed by atoms with Crippen LogP contribution in [-0.4, -0.2) is 37.7 Å². The Morgan fingerprint density at radius 3 is 2.63 bits per heavy atom. The van der Waals surface area contributed by atoms with Crippen molar-refractivity contribution >= 4 is 40.4 Å². The number of hydrogen-bond donors (Lipinski definition) is 2. The predicted molar refractivity (Wildman–Crippen MR) is 120 cm³/mol. The lowest BCUT2D eigenvalue weighted by molar-refractivity contribution is 0.0862.